The highest BCUT2D eigenvalue weighted by atomic mass is 32.2. The predicted octanol–water partition coefficient (Wildman–Crippen LogP) is 4.44. The summed E-state index contributed by atoms with van der Waals surface area (Å²) >= 11 is 1.56. The molecule has 1 N–H and O–H groups in total. The zero-order valence-electron chi connectivity index (χ0n) is 14.7. The molecule has 2 aromatic rings. The van der Waals surface area contributed by atoms with Crippen LogP contribution in [0, 0.1) is 13.8 Å². The van der Waals surface area contributed by atoms with Crippen LogP contribution in [0.4, 0.5) is 5.69 Å². The van der Waals surface area contributed by atoms with E-state index in [1.165, 1.54) is 11.1 Å². The Labute approximate surface area is 147 Å². The summed E-state index contributed by atoms with van der Waals surface area (Å²) in [4.78, 5) is 13.6. The second-order valence-corrected chi connectivity index (χ2v) is 6.97. The zero-order valence-corrected chi connectivity index (χ0v) is 15.5. The summed E-state index contributed by atoms with van der Waals surface area (Å²) in [6.45, 7) is 6.02. The van der Waals surface area contributed by atoms with Gasteiger partial charge in [-0.1, -0.05) is 17.7 Å². The largest absolute Gasteiger partial charge is 0.493 e. The Balaban J connectivity index is 2.07. The first-order valence-electron chi connectivity index (χ1n) is 7.71. The van der Waals surface area contributed by atoms with Crippen LogP contribution in [0.1, 0.15) is 18.1 Å². The van der Waals surface area contributed by atoms with Gasteiger partial charge in [-0.15, -0.1) is 11.8 Å². The maximum Gasteiger partial charge on any atom is 0.237 e. The van der Waals surface area contributed by atoms with E-state index in [2.05, 4.69) is 37.4 Å². The van der Waals surface area contributed by atoms with Crippen molar-refractivity contribution in [3.8, 4) is 11.5 Å². The van der Waals surface area contributed by atoms with Gasteiger partial charge in [0.1, 0.15) is 0 Å². The second-order valence-electron chi connectivity index (χ2n) is 5.59. The number of anilines is 1. The molecule has 1 atom stereocenters. The predicted molar refractivity (Wildman–Crippen MR) is 99.4 cm³/mol. The van der Waals surface area contributed by atoms with Gasteiger partial charge >= 0.3 is 0 Å². The highest BCUT2D eigenvalue weighted by Crippen LogP contribution is 2.31. The zero-order chi connectivity index (χ0) is 17.7. The second kappa shape index (κ2) is 8.11. The van der Waals surface area contributed by atoms with Gasteiger partial charge in [0.2, 0.25) is 5.91 Å². The maximum absolute atomic E-state index is 12.5. The molecule has 1 amide bonds. The van der Waals surface area contributed by atoms with Crippen molar-refractivity contribution < 1.29 is 14.3 Å². The number of aryl methyl sites for hydroxylation is 2. The van der Waals surface area contributed by atoms with E-state index in [4.69, 9.17) is 9.47 Å². The molecule has 0 aliphatic carbocycles. The van der Waals surface area contributed by atoms with Gasteiger partial charge < -0.3 is 14.8 Å². The number of carbonyl (C=O) groups is 1. The van der Waals surface area contributed by atoms with E-state index in [-0.39, 0.29) is 11.2 Å². The summed E-state index contributed by atoms with van der Waals surface area (Å²) in [7, 11) is 3.15. The molecule has 24 heavy (non-hydrogen) atoms. The minimum atomic E-state index is -0.210. The lowest BCUT2D eigenvalue weighted by Gasteiger charge is -2.15. The summed E-state index contributed by atoms with van der Waals surface area (Å²) in [6.07, 6.45) is 0. The third kappa shape index (κ3) is 4.45. The van der Waals surface area contributed by atoms with Crippen LogP contribution in [-0.2, 0) is 4.79 Å². The molecule has 0 aliphatic heterocycles. The molecule has 0 aliphatic rings. The molecule has 2 rings (SSSR count). The van der Waals surface area contributed by atoms with Crippen LogP contribution >= 0.6 is 11.8 Å². The lowest BCUT2D eigenvalue weighted by atomic mass is 10.2. The van der Waals surface area contributed by atoms with Gasteiger partial charge in [-0.3, -0.25) is 4.79 Å². The lowest BCUT2D eigenvalue weighted by molar-refractivity contribution is -0.115. The topological polar surface area (TPSA) is 47.6 Å². The molecule has 0 saturated heterocycles. The Morgan fingerprint density at radius 3 is 2.42 bits per heavy atom. The molecular formula is C19H23NO3S. The number of methoxy groups -OCH3 is 2. The van der Waals surface area contributed by atoms with Gasteiger partial charge in [0.05, 0.1) is 19.5 Å². The van der Waals surface area contributed by atoms with Crippen molar-refractivity contribution in [2.75, 3.05) is 19.5 Å². The molecule has 0 heterocycles. The van der Waals surface area contributed by atoms with E-state index in [0.29, 0.717) is 17.2 Å². The van der Waals surface area contributed by atoms with Crippen molar-refractivity contribution in [2.45, 2.75) is 30.9 Å². The van der Waals surface area contributed by atoms with Gasteiger partial charge in [-0.05, 0) is 44.5 Å². The highest BCUT2D eigenvalue weighted by molar-refractivity contribution is 8.00. The fraction of sp³-hybridized carbons (Fsp3) is 0.316. The van der Waals surface area contributed by atoms with E-state index in [9.17, 15) is 4.79 Å². The first kappa shape index (κ1) is 18.2. The van der Waals surface area contributed by atoms with E-state index < -0.39 is 0 Å². The minimum Gasteiger partial charge on any atom is -0.493 e. The Kier molecular flexibility index (Phi) is 6.15. The third-order valence-electron chi connectivity index (χ3n) is 3.67. The normalized spacial score (nSPS) is 11.7. The van der Waals surface area contributed by atoms with Crippen LogP contribution in [0.2, 0.25) is 0 Å². The van der Waals surface area contributed by atoms with Crippen molar-refractivity contribution in [1.29, 1.82) is 0 Å². The van der Waals surface area contributed by atoms with Crippen LogP contribution in [-0.4, -0.2) is 25.4 Å². The summed E-state index contributed by atoms with van der Waals surface area (Å²) in [5, 5.41) is 2.72. The molecule has 0 saturated carbocycles. The molecule has 0 spiro atoms. The van der Waals surface area contributed by atoms with Crippen LogP contribution in [0.15, 0.2) is 41.3 Å². The number of rotatable bonds is 6. The van der Waals surface area contributed by atoms with Gasteiger partial charge in [0, 0.05) is 16.6 Å². The van der Waals surface area contributed by atoms with Crippen molar-refractivity contribution in [3.05, 3.63) is 47.5 Å². The van der Waals surface area contributed by atoms with Crippen molar-refractivity contribution in [2.24, 2.45) is 0 Å². The first-order valence-corrected chi connectivity index (χ1v) is 8.59. The molecule has 0 bridgehead atoms. The Hall–Kier alpha value is -2.14. The summed E-state index contributed by atoms with van der Waals surface area (Å²) < 4.78 is 10.5. The molecule has 1 unspecified atom stereocenters. The lowest BCUT2D eigenvalue weighted by Crippen LogP contribution is -2.22. The highest BCUT2D eigenvalue weighted by Gasteiger charge is 2.16. The van der Waals surface area contributed by atoms with Gasteiger partial charge in [-0.25, -0.2) is 0 Å². The molecule has 0 aromatic heterocycles. The Morgan fingerprint density at radius 1 is 1.04 bits per heavy atom. The number of thioether (sulfide) groups is 1. The van der Waals surface area contributed by atoms with Crippen LogP contribution in [0.5, 0.6) is 11.5 Å². The molecule has 0 radical (unpaired) electrons. The quantitative estimate of drug-likeness (QED) is 0.786. The molecule has 0 fully saturated rings. The van der Waals surface area contributed by atoms with Crippen LogP contribution in [0.3, 0.4) is 0 Å². The Bertz CT molecular complexity index is 731. The SMILES string of the molecule is COc1ccc(NC(=O)C(C)Sc2cc(C)ccc2C)cc1OC. The number of hydrogen-bond donors (Lipinski definition) is 1. The fourth-order valence-corrected chi connectivity index (χ4v) is 3.29. The molecule has 4 nitrogen and oxygen atoms in total. The van der Waals surface area contributed by atoms with Gasteiger partial charge in [0.25, 0.3) is 0 Å². The number of benzene rings is 2. The van der Waals surface area contributed by atoms with Crippen molar-refractivity contribution >= 4 is 23.4 Å². The van der Waals surface area contributed by atoms with Crippen LogP contribution < -0.4 is 14.8 Å². The van der Waals surface area contributed by atoms with Crippen molar-refractivity contribution in [1.82, 2.24) is 0 Å². The third-order valence-corrected chi connectivity index (χ3v) is 4.93. The van der Waals surface area contributed by atoms with Crippen LogP contribution in [0.25, 0.3) is 0 Å². The number of ether oxygens (including phenoxy) is 2. The summed E-state index contributed by atoms with van der Waals surface area (Å²) in [5.41, 5.74) is 3.05. The Morgan fingerprint density at radius 2 is 1.75 bits per heavy atom. The van der Waals surface area contributed by atoms with E-state index >= 15 is 0 Å². The minimum absolute atomic E-state index is 0.0480. The maximum atomic E-state index is 12.5. The number of carbonyl (C=O) groups excluding carboxylic acids is 1. The average Bonchev–Trinajstić information content (AvgIpc) is 2.57. The van der Waals surface area contributed by atoms with E-state index in [0.717, 1.165) is 4.90 Å². The summed E-state index contributed by atoms with van der Waals surface area (Å²) in [6, 6.07) is 11.6. The molecule has 2 aromatic carbocycles. The number of amides is 1. The summed E-state index contributed by atoms with van der Waals surface area (Å²) in [5.74, 6) is 1.17. The number of hydrogen-bond acceptors (Lipinski definition) is 4. The molecular weight excluding hydrogens is 322 g/mol. The van der Waals surface area contributed by atoms with Crippen molar-refractivity contribution in [3.63, 3.8) is 0 Å². The van der Waals surface area contributed by atoms with E-state index in [1.807, 2.05) is 6.92 Å². The fourth-order valence-electron chi connectivity index (χ4n) is 2.24. The van der Waals surface area contributed by atoms with Gasteiger partial charge in [-0.2, -0.15) is 0 Å². The first-order chi connectivity index (χ1) is 11.4. The monoisotopic (exact) mass is 345 g/mol. The molecule has 5 heteroatoms. The smallest absolute Gasteiger partial charge is 0.237 e. The van der Waals surface area contributed by atoms with Gasteiger partial charge in [0.15, 0.2) is 11.5 Å². The molecule has 128 valence electrons. The number of nitrogens with one attached hydrogen (secondary N) is 1. The standard InChI is InChI=1S/C19H23NO3S/c1-12-6-7-13(2)18(10-12)24-14(3)19(21)20-15-8-9-16(22-4)17(11-15)23-5/h6-11,14H,1-5H3,(H,20,21). The average molecular weight is 345 g/mol. The van der Waals surface area contributed by atoms with E-state index in [1.54, 1.807) is 44.2 Å².